The van der Waals surface area contributed by atoms with Gasteiger partial charge in [0.1, 0.15) is 5.60 Å². The zero-order chi connectivity index (χ0) is 19.9. The molecule has 0 aliphatic carbocycles. The summed E-state index contributed by atoms with van der Waals surface area (Å²) < 4.78 is 1.68. The molecule has 0 fully saturated rings. The van der Waals surface area contributed by atoms with Crippen molar-refractivity contribution in [3.05, 3.63) is 53.9 Å². The second-order valence-electron chi connectivity index (χ2n) is 7.14. The van der Waals surface area contributed by atoms with Gasteiger partial charge in [0.15, 0.2) is 5.96 Å². The van der Waals surface area contributed by atoms with Crippen LogP contribution in [0.1, 0.15) is 31.0 Å². The van der Waals surface area contributed by atoms with E-state index in [4.69, 9.17) is 0 Å². The summed E-state index contributed by atoms with van der Waals surface area (Å²) in [4.78, 5) is 6.76. The number of aromatic nitrogens is 2. The predicted molar refractivity (Wildman–Crippen MR) is 125 cm³/mol. The fourth-order valence-corrected chi connectivity index (χ4v) is 2.83. The van der Waals surface area contributed by atoms with Crippen LogP contribution in [0.2, 0.25) is 0 Å². The number of likely N-dealkylation sites (N-methyl/N-ethyl adjacent to an activating group) is 1. The second-order valence-corrected chi connectivity index (χ2v) is 7.14. The molecule has 0 aliphatic heterocycles. The minimum absolute atomic E-state index is 0. The monoisotopic (exact) mass is 500 g/mol. The van der Waals surface area contributed by atoms with Gasteiger partial charge in [-0.25, -0.2) is 4.99 Å². The topological polar surface area (TPSA) is 77.7 Å². The summed E-state index contributed by atoms with van der Waals surface area (Å²) in [7, 11) is 5.96. The van der Waals surface area contributed by atoms with Crippen LogP contribution in [0.25, 0.3) is 0 Å². The summed E-state index contributed by atoms with van der Waals surface area (Å²) in [6, 6.07) is 10.6. The van der Waals surface area contributed by atoms with Gasteiger partial charge in [0.05, 0.1) is 18.8 Å². The van der Waals surface area contributed by atoms with Gasteiger partial charge < -0.3 is 20.6 Å². The zero-order valence-corrected chi connectivity index (χ0v) is 19.7. The molecule has 0 bridgehead atoms. The Balaban J connectivity index is 0.00000392. The van der Waals surface area contributed by atoms with E-state index in [1.54, 1.807) is 17.8 Å². The Morgan fingerprint density at radius 2 is 1.96 bits per heavy atom. The SMILES string of the molecule is CCNC(=NCC(C)(O)c1cnn(C)c1)NCC(c1ccccc1)N(C)C.I. The van der Waals surface area contributed by atoms with E-state index in [0.717, 1.165) is 12.1 Å². The van der Waals surface area contributed by atoms with Crippen molar-refractivity contribution in [3.63, 3.8) is 0 Å². The van der Waals surface area contributed by atoms with E-state index in [-0.39, 0.29) is 36.6 Å². The average molecular weight is 500 g/mol. The number of nitrogens with one attached hydrogen (secondary N) is 2. The number of nitrogens with zero attached hydrogens (tertiary/aromatic N) is 4. The largest absolute Gasteiger partial charge is 0.383 e. The first-order chi connectivity index (χ1) is 12.8. The fourth-order valence-electron chi connectivity index (χ4n) is 2.83. The van der Waals surface area contributed by atoms with Crippen LogP contribution in [-0.2, 0) is 12.6 Å². The summed E-state index contributed by atoms with van der Waals surface area (Å²) in [5.41, 5.74) is 0.921. The van der Waals surface area contributed by atoms with E-state index in [2.05, 4.69) is 64.0 Å². The smallest absolute Gasteiger partial charge is 0.191 e. The maximum absolute atomic E-state index is 10.7. The molecular formula is C20H33IN6O. The number of guanidine groups is 1. The molecule has 0 saturated carbocycles. The summed E-state index contributed by atoms with van der Waals surface area (Å²) in [6.45, 7) is 5.48. The van der Waals surface area contributed by atoms with E-state index in [9.17, 15) is 5.11 Å². The first kappa shape index (κ1) is 24.4. The van der Waals surface area contributed by atoms with Crippen molar-refractivity contribution in [2.24, 2.45) is 12.0 Å². The number of rotatable bonds is 8. The van der Waals surface area contributed by atoms with Crippen molar-refractivity contribution in [3.8, 4) is 0 Å². The second kappa shape index (κ2) is 11.4. The van der Waals surface area contributed by atoms with Crippen molar-refractivity contribution >= 4 is 29.9 Å². The highest BCUT2D eigenvalue weighted by Crippen LogP contribution is 2.20. The molecule has 2 aromatic rings. The number of halogens is 1. The van der Waals surface area contributed by atoms with E-state index in [1.165, 1.54) is 5.56 Å². The predicted octanol–water partition coefficient (Wildman–Crippen LogP) is 2.10. The number of benzene rings is 1. The van der Waals surface area contributed by atoms with Crippen LogP contribution in [-0.4, -0.2) is 59.5 Å². The van der Waals surface area contributed by atoms with Crippen molar-refractivity contribution in [1.29, 1.82) is 0 Å². The Morgan fingerprint density at radius 1 is 1.29 bits per heavy atom. The van der Waals surface area contributed by atoms with E-state index in [1.807, 2.05) is 26.2 Å². The third kappa shape index (κ3) is 7.06. The lowest BCUT2D eigenvalue weighted by Crippen LogP contribution is -2.42. The molecule has 1 heterocycles. The quantitative estimate of drug-likeness (QED) is 0.294. The van der Waals surface area contributed by atoms with Crippen LogP contribution in [0.3, 0.4) is 0 Å². The van der Waals surface area contributed by atoms with Crippen molar-refractivity contribution in [1.82, 2.24) is 25.3 Å². The molecular weight excluding hydrogens is 467 g/mol. The molecule has 2 rings (SSSR count). The Hall–Kier alpha value is -1.65. The Morgan fingerprint density at radius 3 is 2.50 bits per heavy atom. The highest BCUT2D eigenvalue weighted by Gasteiger charge is 2.24. The number of aliphatic imine (C=N–C) groups is 1. The maximum Gasteiger partial charge on any atom is 0.191 e. The first-order valence-electron chi connectivity index (χ1n) is 9.28. The van der Waals surface area contributed by atoms with Gasteiger partial charge in [-0.05, 0) is 33.5 Å². The van der Waals surface area contributed by atoms with Gasteiger partial charge in [-0.2, -0.15) is 5.10 Å². The molecule has 8 heteroatoms. The third-order valence-corrected chi connectivity index (χ3v) is 4.49. The van der Waals surface area contributed by atoms with E-state index in [0.29, 0.717) is 12.5 Å². The highest BCUT2D eigenvalue weighted by atomic mass is 127. The molecule has 0 amide bonds. The lowest BCUT2D eigenvalue weighted by atomic mass is 10.0. The van der Waals surface area contributed by atoms with Gasteiger partial charge in [0.25, 0.3) is 0 Å². The van der Waals surface area contributed by atoms with Gasteiger partial charge in [0.2, 0.25) is 0 Å². The van der Waals surface area contributed by atoms with Crippen molar-refractivity contribution in [2.75, 3.05) is 33.7 Å². The van der Waals surface area contributed by atoms with E-state index < -0.39 is 5.60 Å². The number of aryl methyl sites for hydroxylation is 1. The molecule has 0 saturated heterocycles. The molecule has 28 heavy (non-hydrogen) atoms. The molecule has 0 spiro atoms. The van der Waals surface area contributed by atoms with Gasteiger partial charge in [0, 0.05) is 31.9 Å². The first-order valence-corrected chi connectivity index (χ1v) is 9.28. The Bertz CT molecular complexity index is 729. The Kier molecular flexibility index (Phi) is 9.91. The zero-order valence-electron chi connectivity index (χ0n) is 17.4. The summed E-state index contributed by atoms with van der Waals surface area (Å²) in [5.74, 6) is 0.685. The molecule has 2 unspecified atom stereocenters. The Labute approximate surface area is 185 Å². The molecule has 7 nitrogen and oxygen atoms in total. The maximum atomic E-state index is 10.7. The van der Waals surface area contributed by atoms with Gasteiger partial charge >= 0.3 is 0 Å². The molecule has 156 valence electrons. The van der Waals surface area contributed by atoms with Crippen LogP contribution in [0.15, 0.2) is 47.7 Å². The molecule has 3 N–H and O–H groups in total. The van der Waals surface area contributed by atoms with Crippen LogP contribution in [0, 0.1) is 0 Å². The van der Waals surface area contributed by atoms with Gasteiger partial charge in [-0.3, -0.25) is 4.68 Å². The summed E-state index contributed by atoms with van der Waals surface area (Å²) >= 11 is 0. The molecule has 1 aromatic heterocycles. The lowest BCUT2D eigenvalue weighted by Gasteiger charge is -2.26. The van der Waals surface area contributed by atoms with Crippen LogP contribution >= 0.6 is 24.0 Å². The molecule has 0 aliphatic rings. The fraction of sp³-hybridized carbons (Fsp3) is 0.500. The minimum atomic E-state index is -1.07. The number of hydrogen-bond acceptors (Lipinski definition) is 4. The van der Waals surface area contributed by atoms with Crippen LogP contribution in [0.5, 0.6) is 0 Å². The van der Waals surface area contributed by atoms with Gasteiger partial charge in [-0.1, -0.05) is 30.3 Å². The normalized spacial score (nSPS) is 14.9. The summed E-state index contributed by atoms with van der Waals surface area (Å²) in [6.07, 6.45) is 3.49. The van der Waals surface area contributed by atoms with Crippen LogP contribution in [0.4, 0.5) is 0 Å². The van der Waals surface area contributed by atoms with Crippen molar-refractivity contribution < 1.29 is 5.11 Å². The highest BCUT2D eigenvalue weighted by molar-refractivity contribution is 14.0. The lowest BCUT2D eigenvalue weighted by molar-refractivity contribution is 0.0671. The number of aliphatic hydroxyl groups is 1. The van der Waals surface area contributed by atoms with E-state index >= 15 is 0 Å². The molecule has 1 aromatic carbocycles. The molecule has 0 radical (unpaired) electrons. The minimum Gasteiger partial charge on any atom is -0.383 e. The standard InChI is InChI=1S/C20H32N6O.HI/c1-6-21-19(23-15-20(2,27)17-12-24-26(5)14-17)22-13-18(25(3)4)16-10-8-7-9-11-16;/h7-12,14,18,27H,6,13,15H2,1-5H3,(H2,21,22,23);1H. The number of hydrogen-bond donors (Lipinski definition) is 3. The van der Waals surface area contributed by atoms with Crippen LogP contribution < -0.4 is 10.6 Å². The van der Waals surface area contributed by atoms with Gasteiger partial charge in [-0.15, -0.1) is 24.0 Å². The molecule has 2 atom stereocenters. The van der Waals surface area contributed by atoms with Crippen molar-refractivity contribution in [2.45, 2.75) is 25.5 Å². The average Bonchev–Trinajstić information content (AvgIpc) is 3.08. The third-order valence-electron chi connectivity index (χ3n) is 4.49. The summed E-state index contributed by atoms with van der Waals surface area (Å²) in [5, 5.41) is 21.5.